The van der Waals surface area contributed by atoms with Crippen molar-refractivity contribution in [3.05, 3.63) is 16.3 Å². The summed E-state index contributed by atoms with van der Waals surface area (Å²) in [6, 6.07) is 0. The number of hydrogen-bond acceptors (Lipinski definition) is 5. The molecule has 2 atom stereocenters. The van der Waals surface area contributed by atoms with Gasteiger partial charge in [0.2, 0.25) is 5.82 Å². The van der Waals surface area contributed by atoms with Crippen LogP contribution in [0, 0.1) is 16.0 Å². The molecule has 0 aliphatic heterocycles. The second-order valence-electron chi connectivity index (χ2n) is 5.56. The zero-order chi connectivity index (χ0) is 14.0. The third-order valence-electron chi connectivity index (χ3n) is 3.78. The highest BCUT2D eigenvalue weighted by atomic mass is 16.6. The Labute approximate surface area is 111 Å². The number of aliphatic hydroxyl groups excluding tert-OH is 1. The maximum absolute atomic E-state index is 11.0. The third kappa shape index (κ3) is 2.86. The molecule has 2 unspecified atom stereocenters. The Kier molecular flexibility index (Phi) is 3.75. The first-order valence-corrected chi connectivity index (χ1v) is 6.53. The molecule has 1 aliphatic rings. The van der Waals surface area contributed by atoms with Crippen LogP contribution in [0.5, 0.6) is 0 Å². The Morgan fingerprint density at radius 1 is 1.74 bits per heavy atom. The van der Waals surface area contributed by atoms with Gasteiger partial charge in [0.1, 0.15) is 6.20 Å². The first-order chi connectivity index (χ1) is 8.96. The zero-order valence-corrected chi connectivity index (χ0v) is 11.3. The van der Waals surface area contributed by atoms with Crippen LogP contribution in [-0.4, -0.2) is 32.0 Å². The van der Waals surface area contributed by atoms with Gasteiger partial charge in [0.05, 0.1) is 17.1 Å². The van der Waals surface area contributed by atoms with Gasteiger partial charge in [0, 0.05) is 7.05 Å². The molecule has 1 fully saturated rings. The number of nitro groups is 1. The molecule has 1 saturated carbocycles. The van der Waals surface area contributed by atoms with Gasteiger partial charge in [-0.15, -0.1) is 5.10 Å². The number of rotatable bonds is 4. The number of aliphatic hydroxyl groups is 1. The monoisotopic (exact) mass is 268 g/mol. The second-order valence-corrected chi connectivity index (χ2v) is 5.56. The van der Waals surface area contributed by atoms with Crippen molar-refractivity contribution >= 4 is 11.5 Å². The van der Waals surface area contributed by atoms with E-state index in [1.165, 1.54) is 10.9 Å². The first kappa shape index (κ1) is 13.8. The molecule has 0 amide bonds. The van der Waals surface area contributed by atoms with Crippen LogP contribution in [0.1, 0.15) is 32.6 Å². The van der Waals surface area contributed by atoms with Gasteiger partial charge in [-0.25, -0.2) is 0 Å². The number of nitrogens with zero attached hydrogens (tertiary/aromatic N) is 3. The predicted molar refractivity (Wildman–Crippen MR) is 70.9 cm³/mol. The summed E-state index contributed by atoms with van der Waals surface area (Å²) in [5, 5.41) is 27.9. The van der Waals surface area contributed by atoms with Gasteiger partial charge in [0.15, 0.2) is 0 Å². The van der Waals surface area contributed by atoms with Crippen LogP contribution in [0.4, 0.5) is 11.5 Å². The van der Waals surface area contributed by atoms with Crippen molar-refractivity contribution in [2.24, 2.45) is 13.0 Å². The second kappa shape index (κ2) is 5.16. The predicted octanol–water partition coefficient (Wildman–Crippen LogP) is 1.68. The molecule has 106 valence electrons. The fraction of sp³-hybridized carbons (Fsp3) is 0.750. The van der Waals surface area contributed by atoms with Crippen molar-refractivity contribution in [1.82, 2.24) is 9.78 Å². The molecule has 2 N–H and O–H groups in total. The Morgan fingerprint density at radius 3 is 3.05 bits per heavy atom. The number of aryl methyl sites for hydroxylation is 1. The van der Waals surface area contributed by atoms with Crippen molar-refractivity contribution in [3.63, 3.8) is 0 Å². The molecular formula is C12H20N4O3. The van der Waals surface area contributed by atoms with Gasteiger partial charge in [-0.2, -0.15) is 0 Å². The van der Waals surface area contributed by atoms with Crippen LogP contribution in [-0.2, 0) is 7.05 Å². The Morgan fingerprint density at radius 2 is 2.47 bits per heavy atom. The number of nitrogens with one attached hydrogen (secondary N) is 1. The minimum absolute atomic E-state index is 0.0366. The third-order valence-corrected chi connectivity index (χ3v) is 3.78. The summed E-state index contributed by atoms with van der Waals surface area (Å²) in [6.45, 7) is 2.10. The average molecular weight is 268 g/mol. The van der Waals surface area contributed by atoms with E-state index in [1.807, 2.05) is 0 Å². The molecule has 7 nitrogen and oxygen atoms in total. The zero-order valence-electron chi connectivity index (χ0n) is 11.3. The lowest BCUT2D eigenvalue weighted by Crippen LogP contribution is -2.46. The maximum atomic E-state index is 11.0. The number of anilines is 1. The summed E-state index contributed by atoms with van der Waals surface area (Å²) in [4.78, 5) is 10.5. The summed E-state index contributed by atoms with van der Waals surface area (Å²) in [7, 11) is 1.65. The van der Waals surface area contributed by atoms with E-state index >= 15 is 0 Å². The fourth-order valence-corrected chi connectivity index (χ4v) is 2.91. The van der Waals surface area contributed by atoms with E-state index in [2.05, 4.69) is 17.3 Å². The highest BCUT2D eigenvalue weighted by Gasteiger charge is 2.36. The highest BCUT2D eigenvalue weighted by Crippen LogP contribution is 2.36. The molecule has 1 aromatic rings. The van der Waals surface area contributed by atoms with Crippen LogP contribution >= 0.6 is 0 Å². The van der Waals surface area contributed by atoms with Crippen molar-refractivity contribution < 1.29 is 10.0 Å². The molecule has 1 aliphatic carbocycles. The first-order valence-electron chi connectivity index (χ1n) is 6.53. The smallest absolute Gasteiger partial charge is 0.330 e. The molecule has 0 saturated heterocycles. The summed E-state index contributed by atoms with van der Waals surface area (Å²) in [6.07, 6.45) is 5.13. The quantitative estimate of drug-likeness (QED) is 0.640. The minimum atomic E-state index is -0.489. The van der Waals surface area contributed by atoms with Crippen LogP contribution in [0.3, 0.4) is 0 Å². The van der Waals surface area contributed by atoms with E-state index < -0.39 is 10.5 Å². The van der Waals surface area contributed by atoms with Gasteiger partial charge in [-0.05, 0) is 18.8 Å². The molecule has 19 heavy (non-hydrogen) atoms. The van der Waals surface area contributed by atoms with E-state index in [1.54, 1.807) is 7.05 Å². The summed E-state index contributed by atoms with van der Waals surface area (Å²) in [5.74, 6) is 0.742. The van der Waals surface area contributed by atoms with Gasteiger partial charge in [0.25, 0.3) is 0 Å². The molecule has 0 spiro atoms. The topological polar surface area (TPSA) is 93.2 Å². The Hall–Kier alpha value is -1.63. The minimum Gasteiger partial charge on any atom is -0.394 e. The van der Waals surface area contributed by atoms with E-state index in [9.17, 15) is 15.2 Å². The van der Waals surface area contributed by atoms with Gasteiger partial charge < -0.3 is 10.4 Å². The maximum Gasteiger partial charge on any atom is 0.330 e. The lowest BCUT2D eigenvalue weighted by molar-refractivity contribution is -0.384. The lowest BCUT2D eigenvalue weighted by atomic mass is 9.77. The number of aromatic nitrogens is 2. The fourth-order valence-electron chi connectivity index (χ4n) is 2.91. The van der Waals surface area contributed by atoms with Gasteiger partial charge >= 0.3 is 5.69 Å². The standard InChI is InChI=1S/C12H20N4O3/c1-9-4-3-5-12(6-9,8-17)13-11-10(16(18)19)7-15(2)14-11/h7,9,17H,3-6,8H2,1-2H3,(H,13,14). The molecule has 1 heterocycles. The van der Waals surface area contributed by atoms with Crippen molar-refractivity contribution in [2.45, 2.75) is 38.1 Å². The van der Waals surface area contributed by atoms with Crippen LogP contribution in [0.2, 0.25) is 0 Å². The van der Waals surface area contributed by atoms with E-state index in [-0.39, 0.29) is 18.1 Å². The van der Waals surface area contributed by atoms with Crippen LogP contribution in [0.25, 0.3) is 0 Å². The molecule has 2 rings (SSSR count). The molecule has 0 aromatic carbocycles. The molecule has 0 radical (unpaired) electrons. The lowest BCUT2D eigenvalue weighted by Gasteiger charge is -2.39. The molecule has 1 aromatic heterocycles. The van der Waals surface area contributed by atoms with Crippen LogP contribution < -0.4 is 5.32 Å². The Balaban J connectivity index is 2.25. The normalized spacial score (nSPS) is 27.2. The molecule has 7 heteroatoms. The summed E-state index contributed by atoms with van der Waals surface area (Å²) < 4.78 is 1.41. The molecule has 0 bridgehead atoms. The van der Waals surface area contributed by atoms with Crippen molar-refractivity contribution in [2.75, 3.05) is 11.9 Å². The Bertz CT molecular complexity index is 474. The van der Waals surface area contributed by atoms with Gasteiger partial charge in [-0.1, -0.05) is 19.8 Å². The highest BCUT2D eigenvalue weighted by molar-refractivity contribution is 5.56. The molecular weight excluding hydrogens is 248 g/mol. The van der Waals surface area contributed by atoms with E-state index in [0.29, 0.717) is 5.92 Å². The average Bonchev–Trinajstić information content (AvgIpc) is 2.70. The van der Waals surface area contributed by atoms with Gasteiger partial charge in [-0.3, -0.25) is 14.8 Å². The summed E-state index contributed by atoms with van der Waals surface area (Å²) >= 11 is 0. The van der Waals surface area contributed by atoms with Crippen molar-refractivity contribution in [3.8, 4) is 0 Å². The van der Waals surface area contributed by atoms with Crippen LogP contribution in [0.15, 0.2) is 6.20 Å². The van der Waals surface area contributed by atoms with Crippen molar-refractivity contribution in [1.29, 1.82) is 0 Å². The SMILES string of the molecule is CC1CCCC(CO)(Nc2nn(C)cc2[N+](=O)[O-])C1. The summed E-state index contributed by atoms with van der Waals surface area (Å²) in [5.41, 5.74) is -0.537. The largest absolute Gasteiger partial charge is 0.394 e. The van der Waals surface area contributed by atoms with E-state index in [0.717, 1.165) is 25.7 Å². The number of hydrogen-bond donors (Lipinski definition) is 2. The van der Waals surface area contributed by atoms with E-state index in [4.69, 9.17) is 0 Å².